The summed E-state index contributed by atoms with van der Waals surface area (Å²) in [6.07, 6.45) is 6.39. The minimum absolute atomic E-state index is 0.130. The van der Waals surface area contributed by atoms with Crippen LogP contribution in [0.1, 0.15) is 44.2 Å². The molecule has 0 saturated heterocycles. The molecule has 0 spiro atoms. The predicted octanol–water partition coefficient (Wildman–Crippen LogP) is 5.74. The van der Waals surface area contributed by atoms with Gasteiger partial charge >= 0.3 is 10.2 Å². The van der Waals surface area contributed by atoms with E-state index in [0.717, 1.165) is 37.3 Å². The van der Waals surface area contributed by atoms with E-state index in [9.17, 15) is 22.4 Å². The molecule has 1 aliphatic carbocycles. The van der Waals surface area contributed by atoms with Gasteiger partial charge in [0.2, 0.25) is 0 Å². The van der Waals surface area contributed by atoms with E-state index in [0.29, 0.717) is 56.5 Å². The van der Waals surface area contributed by atoms with Gasteiger partial charge in [-0.05, 0) is 50.1 Å². The summed E-state index contributed by atoms with van der Waals surface area (Å²) >= 11 is 0. The van der Waals surface area contributed by atoms with Gasteiger partial charge in [-0.2, -0.15) is 13.7 Å². The number of nitrogens with one attached hydrogen (secondary N) is 1. The maximum absolute atomic E-state index is 14.0. The van der Waals surface area contributed by atoms with Gasteiger partial charge in [-0.3, -0.25) is 9.78 Å². The molecule has 3 aromatic heterocycles. The van der Waals surface area contributed by atoms with Gasteiger partial charge in [-0.15, -0.1) is 3.89 Å². The number of hydrogen-bond acceptors (Lipinski definition) is 6. The second-order valence-corrected chi connectivity index (χ2v) is 10.9. The lowest BCUT2D eigenvalue weighted by Crippen LogP contribution is -2.15. The molecular weight excluding hydrogens is 507 g/mol. The smallest absolute Gasteiger partial charge is 0.333 e. The van der Waals surface area contributed by atoms with Gasteiger partial charge in [0.25, 0.3) is 0 Å². The normalized spacial score (nSPS) is 14.4. The molecule has 3 heterocycles. The van der Waals surface area contributed by atoms with Crippen molar-refractivity contribution in [2.75, 3.05) is 6.61 Å². The average Bonchev–Trinajstić information content (AvgIpc) is 3.56. The van der Waals surface area contributed by atoms with Crippen LogP contribution in [0.25, 0.3) is 44.0 Å². The van der Waals surface area contributed by atoms with Crippen molar-refractivity contribution in [3.63, 3.8) is 0 Å². The first-order valence-electron chi connectivity index (χ1n) is 12.4. The van der Waals surface area contributed by atoms with Crippen molar-refractivity contribution in [1.29, 1.82) is 5.26 Å². The number of nitrogens with zero attached hydrogens (tertiary/aromatic N) is 3. The van der Waals surface area contributed by atoms with Crippen LogP contribution in [-0.2, 0) is 10.2 Å². The van der Waals surface area contributed by atoms with Crippen molar-refractivity contribution in [3.05, 3.63) is 64.6 Å². The Morgan fingerprint density at radius 2 is 1.95 bits per heavy atom. The lowest BCUT2D eigenvalue weighted by Gasteiger charge is -2.21. The first-order valence-corrected chi connectivity index (χ1v) is 13.8. The molecule has 0 amide bonds. The monoisotopic (exact) mass is 530 g/mol. The molecule has 38 heavy (non-hydrogen) atoms. The Morgan fingerprint density at radius 3 is 2.66 bits per heavy atom. The Kier molecular flexibility index (Phi) is 5.69. The van der Waals surface area contributed by atoms with Crippen molar-refractivity contribution in [2.45, 2.75) is 43.5 Å². The van der Waals surface area contributed by atoms with E-state index in [-0.39, 0.29) is 11.5 Å². The first kappa shape index (κ1) is 24.1. The minimum Gasteiger partial charge on any atom is -0.493 e. The van der Waals surface area contributed by atoms with Crippen LogP contribution in [0.15, 0.2) is 58.5 Å². The van der Waals surface area contributed by atoms with E-state index >= 15 is 0 Å². The van der Waals surface area contributed by atoms with Crippen LogP contribution in [-0.4, -0.2) is 29.6 Å². The fraction of sp³-hybridized carbons (Fsp3) is 0.250. The van der Waals surface area contributed by atoms with Crippen molar-refractivity contribution in [1.82, 2.24) is 14.5 Å². The Morgan fingerprint density at radius 1 is 1.16 bits per heavy atom. The number of rotatable bonds is 5. The Bertz CT molecular complexity index is 1970. The summed E-state index contributed by atoms with van der Waals surface area (Å²) in [6.45, 7) is 2.11. The van der Waals surface area contributed by atoms with Crippen LogP contribution in [0.4, 0.5) is 3.89 Å². The maximum Gasteiger partial charge on any atom is 0.333 e. The molecule has 1 fully saturated rings. The molecule has 0 bridgehead atoms. The van der Waals surface area contributed by atoms with E-state index in [1.807, 2.05) is 0 Å². The highest BCUT2D eigenvalue weighted by Gasteiger charge is 2.26. The quantitative estimate of drug-likeness (QED) is 0.290. The summed E-state index contributed by atoms with van der Waals surface area (Å²) in [5.74, 6) is 0.372. The number of pyridine rings is 2. The van der Waals surface area contributed by atoms with Crippen LogP contribution < -0.4 is 10.2 Å². The molecule has 10 heteroatoms. The third kappa shape index (κ3) is 3.82. The zero-order chi connectivity index (χ0) is 26.6. The Labute approximate surface area is 217 Å². The fourth-order valence-corrected chi connectivity index (χ4v) is 6.06. The lowest BCUT2D eigenvalue weighted by atomic mass is 10.0. The molecule has 1 N–H and O–H groups in total. The second-order valence-electron chi connectivity index (χ2n) is 9.50. The third-order valence-electron chi connectivity index (χ3n) is 7.27. The Hall–Kier alpha value is -4.23. The molecule has 6 rings (SSSR count). The summed E-state index contributed by atoms with van der Waals surface area (Å²) < 4.78 is 45.0. The minimum atomic E-state index is -4.96. The number of hydrogen-bond donors (Lipinski definition) is 1. The van der Waals surface area contributed by atoms with Crippen molar-refractivity contribution in [2.24, 2.45) is 0 Å². The lowest BCUT2D eigenvalue weighted by molar-refractivity contribution is 0.342. The molecule has 0 atom stereocenters. The van der Waals surface area contributed by atoms with Crippen LogP contribution >= 0.6 is 0 Å². The zero-order valence-corrected chi connectivity index (χ0v) is 21.3. The van der Waals surface area contributed by atoms with E-state index in [2.05, 4.69) is 20.6 Å². The zero-order valence-electron chi connectivity index (χ0n) is 20.5. The number of halogens is 1. The molecule has 0 radical (unpaired) electrons. The molecule has 1 saturated carbocycles. The topological polar surface area (TPSA) is 118 Å². The average molecular weight is 531 g/mol. The van der Waals surface area contributed by atoms with Gasteiger partial charge in [0, 0.05) is 40.5 Å². The summed E-state index contributed by atoms with van der Waals surface area (Å²) in [5, 5.41) is 11.1. The van der Waals surface area contributed by atoms with Crippen molar-refractivity contribution < 1.29 is 17.0 Å². The number of ether oxygens (including phenoxy) is 1. The van der Waals surface area contributed by atoms with E-state index < -0.39 is 15.1 Å². The van der Waals surface area contributed by atoms with E-state index in [1.54, 1.807) is 37.3 Å². The van der Waals surface area contributed by atoms with E-state index in [1.165, 1.54) is 12.3 Å². The largest absolute Gasteiger partial charge is 0.493 e. The summed E-state index contributed by atoms with van der Waals surface area (Å²) in [7, 11) is -4.96. The van der Waals surface area contributed by atoms with Crippen LogP contribution in [0.3, 0.4) is 0 Å². The number of benzene rings is 2. The predicted molar refractivity (Wildman–Crippen MR) is 142 cm³/mol. The highest BCUT2D eigenvalue weighted by atomic mass is 32.3. The van der Waals surface area contributed by atoms with Gasteiger partial charge in [0.1, 0.15) is 16.3 Å². The van der Waals surface area contributed by atoms with Crippen LogP contribution in [0.5, 0.6) is 5.75 Å². The molecule has 5 aromatic rings. The van der Waals surface area contributed by atoms with Crippen LogP contribution in [0.2, 0.25) is 0 Å². The maximum atomic E-state index is 14.0. The molecule has 192 valence electrons. The molecule has 1 aliphatic rings. The highest BCUT2D eigenvalue weighted by molar-refractivity contribution is 7.86. The van der Waals surface area contributed by atoms with Gasteiger partial charge in [0.05, 0.1) is 34.5 Å². The Balaban J connectivity index is 1.75. The van der Waals surface area contributed by atoms with Gasteiger partial charge in [-0.1, -0.05) is 18.9 Å². The molecule has 0 unspecified atom stereocenters. The standard InChI is InChI=1S/C28H23FN4O4S/c1-2-37-25-12-22-24(11-21(25)17-10-19(15-31-14-17)38(29,35)36)33(18-5-3-4-6-18)28-26(27(22)34)20-8-7-16(13-30)9-23(20)32-28/h7-12,14-15,18,32H,2-6H2,1H3. The van der Waals surface area contributed by atoms with Crippen molar-refractivity contribution in [3.8, 4) is 22.9 Å². The summed E-state index contributed by atoms with van der Waals surface area (Å²) in [5.41, 5.74) is 3.21. The fourth-order valence-electron chi connectivity index (χ4n) is 5.61. The number of H-pyrrole nitrogens is 1. The van der Waals surface area contributed by atoms with Gasteiger partial charge in [-0.25, -0.2) is 0 Å². The SMILES string of the molecule is CCOc1cc2c(=O)c3c4ccc(C#N)cc4[nH]c3n(C3CCCC3)c2cc1-c1cncc(S(=O)(=O)F)c1. The van der Waals surface area contributed by atoms with Crippen molar-refractivity contribution >= 4 is 43.1 Å². The molecule has 0 aliphatic heterocycles. The summed E-state index contributed by atoms with van der Waals surface area (Å²) in [6, 6.07) is 12.2. The third-order valence-corrected chi connectivity index (χ3v) is 8.06. The van der Waals surface area contributed by atoms with Gasteiger partial charge < -0.3 is 14.3 Å². The first-order chi connectivity index (χ1) is 18.3. The number of nitriles is 1. The number of aromatic amines is 1. The number of fused-ring (bicyclic) bond motifs is 4. The number of aromatic nitrogens is 3. The summed E-state index contributed by atoms with van der Waals surface area (Å²) in [4.78, 5) is 20.8. The van der Waals surface area contributed by atoms with Crippen LogP contribution in [0, 0.1) is 11.3 Å². The second kappa shape index (κ2) is 8.96. The molecular formula is C28H23FN4O4S. The highest BCUT2D eigenvalue weighted by Crippen LogP contribution is 2.40. The van der Waals surface area contributed by atoms with Gasteiger partial charge in [0.15, 0.2) is 5.43 Å². The molecule has 8 nitrogen and oxygen atoms in total. The van der Waals surface area contributed by atoms with E-state index in [4.69, 9.17) is 4.74 Å². The molecule has 2 aromatic carbocycles.